The summed E-state index contributed by atoms with van der Waals surface area (Å²) in [5.74, 6) is 0.444. The van der Waals surface area contributed by atoms with E-state index in [1.165, 1.54) is 21.4 Å². The molecule has 142 valence electrons. The van der Waals surface area contributed by atoms with E-state index in [9.17, 15) is 4.79 Å². The summed E-state index contributed by atoms with van der Waals surface area (Å²) in [6.45, 7) is 2.70. The number of benzene rings is 2. The molecule has 0 aliphatic rings. The Morgan fingerprint density at radius 3 is 2.61 bits per heavy atom. The van der Waals surface area contributed by atoms with Gasteiger partial charge in [0.15, 0.2) is 0 Å². The monoisotopic (exact) mass is 388 g/mol. The van der Waals surface area contributed by atoms with Crippen molar-refractivity contribution in [2.24, 2.45) is 0 Å². The van der Waals surface area contributed by atoms with Crippen LogP contribution < -0.4 is 5.32 Å². The van der Waals surface area contributed by atoms with Crippen LogP contribution in [0.15, 0.2) is 78.3 Å². The van der Waals surface area contributed by atoms with Gasteiger partial charge >= 0.3 is 0 Å². The smallest absolute Gasteiger partial charge is 0.220 e. The number of carbonyl (C=O) groups excluding carboxylic acids is 1. The van der Waals surface area contributed by atoms with Gasteiger partial charge in [0, 0.05) is 40.9 Å². The molecule has 2 N–H and O–H groups in total. The van der Waals surface area contributed by atoms with Crippen molar-refractivity contribution in [3.63, 3.8) is 0 Å². The molecule has 0 unspecified atom stereocenters. The third-order valence-electron chi connectivity index (χ3n) is 5.25. The standard InChI is InChI=1S/C24H24N2OS/c1-17(18-8-3-2-4-9-18)14-24(27)26-16-21(23-12-7-13-28-23)20-15-25-22-11-6-5-10-19(20)22/h2-13,15,17,21,25H,14,16H2,1H3,(H,26,27)/t17-,21+/m1/s1. The number of rotatable bonds is 7. The van der Waals surface area contributed by atoms with Crippen LogP contribution in [-0.4, -0.2) is 17.4 Å². The van der Waals surface area contributed by atoms with Gasteiger partial charge < -0.3 is 10.3 Å². The largest absolute Gasteiger partial charge is 0.361 e. The Kier molecular flexibility index (Phi) is 5.58. The highest BCUT2D eigenvalue weighted by molar-refractivity contribution is 7.10. The van der Waals surface area contributed by atoms with Gasteiger partial charge in [0.1, 0.15) is 0 Å². The van der Waals surface area contributed by atoms with Crippen molar-refractivity contribution in [3.05, 3.63) is 94.3 Å². The maximum atomic E-state index is 12.6. The molecule has 0 radical (unpaired) electrons. The molecular weight excluding hydrogens is 364 g/mol. The highest BCUT2D eigenvalue weighted by Gasteiger charge is 2.20. The molecule has 0 saturated heterocycles. The van der Waals surface area contributed by atoms with Crippen LogP contribution in [-0.2, 0) is 4.79 Å². The predicted octanol–water partition coefficient (Wildman–Crippen LogP) is 5.67. The fraction of sp³-hybridized carbons (Fsp3) is 0.208. The summed E-state index contributed by atoms with van der Waals surface area (Å²) in [4.78, 5) is 17.2. The highest BCUT2D eigenvalue weighted by atomic mass is 32.1. The van der Waals surface area contributed by atoms with Gasteiger partial charge in [-0.2, -0.15) is 0 Å². The minimum atomic E-state index is 0.0951. The first-order chi connectivity index (χ1) is 13.7. The lowest BCUT2D eigenvalue weighted by Gasteiger charge is -2.18. The zero-order valence-electron chi connectivity index (χ0n) is 15.9. The van der Waals surface area contributed by atoms with Gasteiger partial charge in [-0.25, -0.2) is 0 Å². The Morgan fingerprint density at radius 2 is 1.82 bits per heavy atom. The molecule has 3 nitrogen and oxygen atoms in total. The average molecular weight is 389 g/mol. The lowest BCUT2D eigenvalue weighted by Crippen LogP contribution is -2.29. The zero-order valence-corrected chi connectivity index (χ0v) is 16.7. The minimum absolute atomic E-state index is 0.0951. The van der Waals surface area contributed by atoms with Crippen LogP contribution in [0.3, 0.4) is 0 Å². The summed E-state index contributed by atoms with van der Waals surface area (Å²) < 4.78 is 0. The van der Waals surface area contributed by atoms with Crippen LogP contribution in [0.4, 0.5) is 0 Å². The summed E-state index contributed by atoms with van der Waals surface area (Å²) >= 11 is 1.74. The molecule has 0 fully saturated rings. The van der Waals surface area contributed by atoms with Crippen molar-refractivity contribution in [1.82, 2.24) is 10.3 Å². The molecule has 1 amide bonds. The first-order valence-corrected chi connectivity index (χ1v) is 10.5. The van der Waals surface area contributed by atoms with E-state index in [1.807, 2.05) is 24.3 Å². The zero-order chi connectivity index (χ0) is 19.3. The van der Waals surface area contributed by atoms with E-state index >= 15 is 0 Å². The lowest BCUT2D eigenvalue weighted by molar-refractivity contribution is -0.121. The molecule has 0 saturated carbocycles. The molecule has 2 heterocycles. The van der Waals surface area contributed by atoms with Gasteiger partial charge in [0.2, 0.25) is 5.91 Å². The van der Waals surface area contributed by atoms with Crippen molar-refractivity contribution in [3.8, 4) is 0 Å². The number of para-hydroxylation sites is 1. The van der Waals surface area contributed by atoms with Crippen LogP contribution in [0, 0.1) is 0 Å². The third kappa shape index (κ3) is 4.02. The summed E-state index contributed by atoms with van der Waals surface area (Å²) in [5, 5.41) is 6.49. The van der Waals surface area contributed by atoms with Crippen molar-refractivity contribution in [2.75, 3.05) is 6.54 Å². The Labute approximate surface area is 169 Å². The van der Waals surface area contributed by atoms with E-state index in [-0.39, 0.29) is 17.7 Å². The quantitative estimate of drug-likeness (QED) is 0.421. The molecule has 0 bridgehead atoms. The van der Waals surface area contributed by atoms with E-state index in [2.05, 4.69) is 71.3 Å². The number of nitrogens with one attached hydrogen (secondary N) is 2. The number of aromatic nitrogens is 1. The van der Waals surface area contributed by atoms with E-state index in [4.69, 9.17) is 0 Å². The number of hydrogen-bond acceptors (Lipinski definition) is 2. The number of hydrogen-bond donors (Lipinski definition) is 2. The fourth-order valence-corrected chi connectivity index (χ4v) is 4.55. The van der Waals surface area contributed by atoms with Crippen LogP contribution in [0.25, 0.3) is 10.9 Å². The van der Waals surface area contributed by atoms with Crippen molar-refractivity contribution in [1.29, 1.82) is 0 Å². The maximum absolute atomic E-state index is 12.6. The van der Waals surface area contributed by atoms with E-state index in [0.29, 0.717) is 13.0 Å². The van der Waals surface area contributed by atoms with Gasteiger partial charge in [0.05, 0.1) is 0 Å². The Balaban J connectivity index is 1.49. The Bertz CT molecular complexity index is 1040. The molecule has 2 aromatic heterocycles. The molecule has 4 aromatic rings. The van der Waals surface area contributed by atoms with E-state index in [0.717, 1.165) is 5.52 Å². The van der Waals surface area contributed by atoms with Crippen LogP contribution in [0.5, 0.6) is 0 Å². The average Bonchev–Trinajstić information content (AvgIpc) is 3.40. The first-order valence-electron chi connectivity index (χ1n) is 9.63. The predicted molar refractivity (Wildman–Crippen MR) is 117 cm³/mol. The second-order valence-electron chi connectivity index (χ2n) is 7.18. The molecule has 0 aliphatic heterocycles. The molecule has 0 spiro atoms. The van der Waals surface area contributed by atoms with Crippen LogP contribution in [0.1, 0.15) is 41.2 Å². The molecule has 2 atom stereocenters. The fourth-order valence-electron chi connectivity index (χ4n) is 3.70. The topological polar surface area (TPSA) is 44.9 Å². The van der Waals surface area contributed by atoms with E-state index in [1.54, 1.807) is 11.3 Å². The Morgan fingerprint density at radius 1 is 1.04 bits per heavy atom. The van der Waals surface area contributed by atoms with Gasteiger partial charge in [-0.05, 0) is 34.6 Å². The number of thiophene rings is 1. The number of H-pyrrole nitrogens is 1. The molecule has 4 rings (SSSR count). The molecule has 2 aromatic carbocycles. The normalized spacial score (nSPS) is 13.3. The minimum Gasteiger partial charge on any atom is -0.361 e. The van der Waals surface area contributed by atoms with Crippen LogP contribution >= 0.6 is 11.3 Å². The maximum Gasteiger partial charge on any atom is 0.220 e. The Hall–Kier alpha value is -2.85. The molecular formula is C24H24N2OS. The van der Waals surface area contributed by atoms with E-state index < -0.39 is 0 Å². The van der Waals surface area contributed by atoms with Gasteiger partial charge in [0.25, 0.3) is 0 Å². The van der Waals surface area contributed by atoms with Crippen molar-refractivity contribution >= 4 is 28.1 Å². The number of fused-ring (bicyclic) bond motifs is 1. The summed E-state index contributed by atoms with van der Waals surface area (Å²) in [5.41, 5.74) is 3.56. The molecule has 0 aliphatic carbocycles. The summed E-state index contributed by atoms with van der Waals surface area (Å²) in [6.07, 6.45) is 2.57. The van der Waals surface area contributed by atoms with Gasteiger partial charge in [-0.1, -0.05) is 61.5 Å². The number of amides is 1. The number of carbonyl (C=O) groups is 1. The number of aromatic amines is 1. The van der Waals surface area contributed by atoms with Crippen molar-refractivity contribution in [2.45, 2.75) is 25.2 Å². The van der Waals surface area contributed by atoms with Crippen LogP contribution in [0.2, 0.25) is 0 Å². The third-order valence-corrected chi connectivity index (χ3v) is 6.23. The second-order valence-corrected chi connectivity index (χ2v) is 8.16. The first kappa shape index (κ1) is 18.5. The second kappa shape index (κ2) is 8.44. The summed E-state index contributed by atoms with van der Waals surface area (Å²) in [7, 11) is 0. The highest BCUT2D eigenvalue weighted by Crippen LogP contribution is 2.33. The van der Waals surface area contributed by atoms with Gasteiger partial charge in [-0.3, -0.25) is 4.79 Å². The summed E-state index contributed by atoms with van der Waals surface area (Å²) in [6, 6.07) is 22.8. The van der Waals surface area contributed by atoms with Crippen molar-refractivity contribution < 1.29 is 4.79 Å². The molecule has 4 heteroatoms. The van der Waals surface area contributed by atoms with Gasteiger partial charge in [-0.15, -0.1) is 11.3 Å². The SMILES string of the molecule is C[C@H](CC(=O)NC[C@H](c1cccs1)c1c[nH]c2ccccc12)c1ccccc1. The molecule has 28 heavy (non-hydrogen) atoms. The lowest BCUT2D eigenvalue weighted by atomic mass is 9.95.